The molecular weight excluding hydrogens is 477 g/mol. The molecule has 3 heterocycles. The van der Waals surface area contributed by atoms with Gasteiger partial charge in [0.05, 0.1) is 24.5 Å². The number of hydrogen-bond acceptors (Lipinski definition) is 6. The van der Waals surface area contributed by atoms with Crippen LogP contribution in [0.15, 0.2) is 54.1 Å². The minimum absolute atomic E-state index is 0.155. The molecule has 1 spiro atoms. The summed E-state index contributed by atoms with van der Waals surface area (Å²) in [6.07, 6.45) is 1.20. The summed E-state index contributed by atoms with van der Waals surface area (Å²) in [7, 11) is 0. The third-order valence-electron chi connectivity index (χ3n) is 7.33. The zero-order valence-electron chi connectivity index (χ0n) is 20.8. The highest BCUT2D eigenvalue weighted by Gasteiger charge is 2.66. The molecule has 1 unspecified atom stereocenters. The van der Waals surface area contributed by atoms with Crippen LogP contribution in [0.4, 0.5) is 10.1 Å². The number of benzene rings is 2. The number of aliphatic hydroxyl groups excluding tert-OH is 1. The molecule has 2 saturated heterocycles. The molecule has 1 N–H and O–H groups in total. The molecular formula is C28H30FN3O5. The molecule has 2 amide bonds. The lowest BCUT2D eigenvalue weighted by atomic mass is 9.82. The molecule has 1 atom stereocenters. The van der Waals surface area contributed by atoms with Crippen LogP contribution in [0, 0.1) is 5.82 Å². The second kappa shape index (κ2) is 10.1. The number of carbonyl (C=O) groups is 3. The van der Waals surface area contributed by atoms with E-state index >= 15 is 0 Å². The average molecular weight is 508 g/mol. The number of likely N-dealkylation sites (tertiary alicyclic amines) is 1. The molecule has 2 aromatic rings. The zero-order valence-corrected chi connectivity index (χ0v) is 20.8. The van der Waals surface area contributed by atoms with Crippen molar-refractivity contribution in [3.63, 3.8) is 0 Å². The number of halogens is 1. The number of ether oxygens (including phenoxy) is 1. The Morgan fingerprint density at radius 1 is 1.00 bits per heavy atom. The van der Waals surface area contributed by atoms with Crippen molar-refractivity contribution in [2.24, 2.45) is 0 Å². The Hall–Kier alpha value is -3.56. The number of carbonyl (C=O) groups excluding carboxylic acids is 3. The van der Waals surface area contributed by atoms with Crippen LogP contribution >= 0.6 is 0 Å². The third-order valence-corrected chi connectivity index (χ3v) is 7.33. The number of rotatable bonds is 7. The maximum absolute atomic E-state index is 14.3. The van der Waals surface area contributed by atoms with Crippen LogP contribution in [0.5, 0.6) is 0 Å². The van der Waals surface area contributed by atoms with Crippen LogP contribution in [0.3, 0.4) is 0 Å². The largest absolute Gasteiger partial charge is 0.507 e. The van der Waals surface area contributed by atoms with Gasteiger partial charge < -0.3 is 19.6 Å². The van der Waals surface area contributed by atoms with Gasteiger partial charge in [-0.2, -0.15) is 0 Å². The smallest absolute Gasteiger partial charge is 0.296 e. The molecule has 0 saturated carbocycles. The van der Waals surface area contributed by atoms with E-state index in [4.69, 9.17) is 4.74 Å². The molecule has 37 heavy (non-hydrogen) atoms. The highest BCUT2D eigenvalue weighted by molar-refractivity contribution is 6.50. The first kappa shape index (κ1) is 25.1. The van der Waals surface area contributed by atoms with E-state index in [9.17, 15) is 23.9 Å². The Balaban J connectivity index is 1.64. The molecule has 5 rings (SSSR count). The van der Waals surface area contributed by atoms with Gasteiger partial charge in [0.15, 0.2) is 5.54 Å². The number of Topliss-reactive ketones (excluding diaryl/α,β-unsaturated/α-hetero) is 1. The van der Waals surface area contributed by atoms with E-state index in [-0.39, 0.29) is 17.7 Å². The second-order valence-electron chi connectivity index (χ2n) is 9.51. The summed E-state index contributed by atoms with van der Waals surface area (Å²) in [4.78, 5) is 46.5. The molecule has 0 bridgehead atoms. The summed E-state index contributed by atoms with van der Waals surface area (Å²) in [5, 5.41) is 11.4. The van der Waals surface area contributed by atoms with Gasteiger partial charge in [-0.25, -0.2) is 4.39 Å². The lowest BCUT2D eigenvalue weighted by Gasteiger charge is -2.35. The normalized spacial score (nSPS) is 23.4. The number of morpholine rings is 1. The van der Waals surface area contributed by atoms with E-state index in [2.05, 4.69) is 4.90 Å². The summed E-state index contributed by atoms with van der Waals surface area (Å²) in [5.74, 6) is -3.19. The van der Waals surface area contributed by atoms with E-state index in [0.29, 0.717) is 50.4 Å². The number of para-hydroxylation sites is 1. The minimum atomic E-state index is -1.79. The number of aliphatic hydroxyl groups is 1. The molecule has 8 nitrogen and oxygen atoms in total. The first-order valence-corrected chi connectivity index (χ1v) is 12.7. The Bertz CT molecular complexity index is 1250. The van der Waals surface area contributed by atoms with Crippen molar-refractivity contribution in [2.45, 2.75) is 25.3 Å². The van der Waals surface area contributed by atoms with Crippen molar-refractivity contribution in [3.8, 4) is 0 Å². The number of anilines is 1. The fraction of sp³-hybridized carbons (Fsp3) is 0.393. The van der Waals surface area contributed by atoms with Gasteiger partial charge in [0.1, 0.15) is 11.6 Å². The molecule has 0 aromatic heterocycles. The summed E-state index contributed by atoms with van der Waals surface area (Å²) in [5.41, 5.74) is -0.802. The maximum Gasteiger partial charge on any atom is 0.296 e. The second-order valence-corrected chi connectivity index (χ2v) is 9.51. The van der Waals surface area contributed by atoms with Crippen molar-refractivity contribution >= 4 is 29.0 Å². The lowest BCUT2D eigenvalue weighted by molar-refractivity contribution is -0.143. The van der Waals surface area contributed by atoms with Gasteiger partial charge >= 0.3 is 0 Å². The minimum Gasteiger partial charge on any atom is -0.507 e. The van der Waals surface area contributed by atoms with E-state index in [0.717, 1.165) is 25.2 Å². The van der Waals surface area contributed by atoms with Crippen LogP contribution in [0.1, 0.15) is 30.9 Å². The Labute approximate surface area is 214 Å². The molecule has 194 valence electrons. The fourth-order valence-electron chi connectivity index (χ4n) is 5.64. The monoisotopic (exact) mass is 507 g/mol. The van der Waals surface area contributed by atoms with Crippen molar-refractivity contribution in [1.82, 2.24) is 9.80 Å². The first-order chi connectivity index (χ1) is 17.9. The number of ketones is 1. The molecule has 0 aliphatic carbocycles. The Morgan fingerprint density at radius 3 is 2.41 bits per heavy atom. The van der Waals surface area contributed by atoms with Gasteiger partial charge in [-0.05, 0) is 43.2 Å². The lowest BCUT2D eigenvalue weighted by Crippen LogP contribution is -2.52. The molecule has 0 radical (unpaired) electrons. The van der Waals surface area contributed by atoms with Crippen molar-refractivity contribution < 1.29 is 28.6 Å². The van der Waals surface area contributed by atoms with Crippen molar-refractivity contribution in [3.05, 3.63) is 71.0 Å². The number of hydrogen-bond donors (Lipinski definition) is 1. The summed E-state index contributed by atoms with van der Waals surface area (Å²) in [6.45, 7) is 6.01. The summed E-state index contributed by atoms with van der Waals surface area (Å²) < 4.78 is 19.0. The summed E-state index contributed by atoms with van der Waals surface area (Å²) >= 11 is 0. The average Bonchev–Trinajstić information content (AvgIpc) is 3.28. The fourth-order valence-corrected chi connectivity index (χ4v) is 5.64. The topological polar surface area (TPSA) is 90.4 Å². The number of fused-ring (bicyclic) bond motifs is 2. The Kier molecular flexibility index (Phi) is 6.83. The molecule has 3 aliphatic rings. The van der Waals surface area contributed by atoms with Crippen LogP contribution in [0.2, 0.25) is 0 Å². The standard InChI is InChI=1S/C28H30FN3O5/c1-2-12-31-22-7-4-3-6-21(22)28(27(31)36)23(24(33)19-8-10-20(29)11-9-19)25(34)26(35)32(28)14-5-13-30-15-17-37-18-16-30/h3-4,6-11,33H,2,5,12-18H2,1H3. The van der Waals surface area contributed by atoms with Gasteiger partial charge in [-0.1, -0.05) is 25.1 Å². The van der Waals surface area contributed by atoms with E-state index in [1.54, 1.807) is 29.2 Å². The van der Waals surface area contributed by atoms with E-state index in [1.165, 1.54) is 17.0 Å². The number of amides is 2. The first-order valence-electron chi connectivity index (χ1n) is 12.7. The van der Waals surface area contributed by atoms with Crippen LogP contribution in [-0.2, 0) is 24.7 Å². The third kappa shape index (κ3) is 4.02. The highest BCUT2D eigenvalue weighted by Crippen LogP contribution is 2.53. The van der Waals surface area contributed by atoms with Gasteiger partial charge in [0.2, 0.25) is 0 Å². The molecule has 9 heteroatoms. The predicted molar refractivity (Wildman–Crippen MR) is 135 cm³/mol. The highest BCUT2D eigenvalue weighted by atomic mass is 19.1. The van der Waals surface area contributed by atoms with Gasteiger partial charge in [0, 0.05) is 43.9 Å². The van der Waals surface area contributed by atoms with Crippen molar-refractivity contribution in [2.75, 3.05) is 50.8 Å². The van der Waals surface area contributed by atoms with Crippen LogP contribution in [0.25, 0.3) is 5.76 Å². The van der Waals surface area contributed by atoms with Gasteiger partial charge in [-0.15, -0.1) is 0 Å². The number of nitrogens with zero attached hydrogens (tertiary/aromatic N) is 3. The SMILES string of the molecule is CCCN1C(=O)C2(C(=C(O)c3ccc(F)cc3)C(=O)C(=O)N2CCCN2CCOCC2)c2ccccc21. The van der Waals surface area contributed by atoms with Crippen LogP contribution < -0.4 is 4.90 Å². The van der Waals surface area contributed by atoms with E-state index in [1.807, 2.05) is 6.92 Å². The summed E-state index contributed by atoms with van der Waals surface area (Å²) in [6, 6.07) is 12.1. The zero-order chi connectivity index (χ0) is 26.2. The van der Waals surface area contributed by atoms with Crippen molar-refractivity contribution in [1.29, 1.82) is 0 Å². The predicted octanol–water partition coefficient (Wildman–Crippen LogP) is 2.88. The van der Waals surface area contributed by atoms with Gasteiger partial charge in [0.25, 0.3) is 17.6 Å². The van der Waals surface area contributed by atoms with E-state index < -0.39 is 34.7 Å². The van der Waals surface area contributed by atoms with Gasteiger partial charge in [-0.3, -0.25) is 19.3 Å². The molecule has 2 fully saturated rings. The quantitative estimate of drug-likeness (QED) is 0.352. The maximum atomic E-state index is 14.3. The molecule has 3 aliphatic heterocycles. The molecule has 2 aromatic carbocycles. The van der Waals surface area contributed by atoms with Crippen LogP contribution in [-0.4, -0.2) is 78.4 Å². The Morgan fingerprint density at radius 2 is 1.70 bits per heavy atom.